The second kappa shape index (κ2) is 25.2. The second-order valence-electron chi connectivity index (χ2n) is 25.6. The van der Waals surface area contributed by atoms with Crippen LogP contribution < -0.4 is 18.9 Å². The van der Waals surface area contributed by atoms with E-state index in [2.05, 4.69) is 139 Å². The van der Waals surface area contributed by atoms with Crippen LogP contribution in [0.5, 0.6) is 23.0 Å². The average Bonchev–Trinajstić information content (AvgIpc) is 2.92. The summed E-state index contributed by atoms with van der Waals surface area (Å²) in [5.41, 5.74) is 10.2. The fourth-order valence-corrected chi connectivity index (χ4v) is 12.1. The molecule has 0 aliphatic carbocycles. The van der Waals surface area contributed by atoms with Gasteiger partial charge in [-0.05, 0) is 205 Å². The summed E-state index contributed by atoms with van der Waals surface area (Å²) in [5, 5.41) is 0. The third-order valence-electron chi connectivity index (χ3n) is 19.5. The van der Waals surface area contributed by atoms with E-state index in [-0.39, 0.29) is 22.6 Å². The molecule has 0 saturated heterocycles. The number of aryl methyl sites for hydroxylation is 8. The van der Waals surface area contributed by atoms with Gasteiger partial charge >= 0.3 is 11.9 Å². The molecule has 0 radical (unpaired) electrons. The van der Waals surface area contributed by atoms with Crippen molar-refractivity contribution in [2.24, 2.45) is 10.8 Å². The number of ketones is 2. The highest BCUT2D eigenvalue weighted by atomic mass is 16.5. The molecule has 0 saturated carbocycles. The van der Waals surface area contributed by atoms with Crippen LogP contribution in [0.1, 0.15) is 250 Å². The first-order valence-electron chi connectivity index (χ1n) is 30.4. The largest absolute Gasteiger partial charge is 0.487 e. The Balaban J connectivity index is 1.21. The quantitative estimate of drug-likeness (QED) is 0.0335. The maximum Gasteiger partial charge on any atom is 0.343 e. The number of Topliss-reactive ketones (excluding diaryl/α,β-unsaturated/α-hetero) is 2. The number of ether oxygens (including phenoxy) is 4. The molecule has 6 rings (SSSR count). The maximum absolute atomic E-state index is 15.2. The van der Waals surface area contributed by atoms with Gasteiger partial charge in [0, 0.05) is 27.4 Å². The van der Waals surface area contributed by atoms with E-state index in [0.717, 1.165) is 98.4 Å². The lowest BCUT2D eigenvalue weighted by Gasteiger charge is -2.47. The summed E-state index contributed by atoms with van der Waals surface area (Å²) in [6, 6.07) is 30.9. The first-order valence-corrected chi connectivity index (χ1v) is 30.4. The number of carbonyl (C=O) groups is 4. The van der Waals surface area contributed by atoms with Crippen LogP contribution in [0.25, 0.3) is 0 Å². The monoisotopic (exact) mass is 1120 g/mol. The van der Waals surface area contributed by atoms with Gasteiger partial charge in [-0.25, -0.2) is 9.59 Å². The van der Waals surface area contributed by atoms with Crippen molar-refractivity contribution in [2.75, 3.05) is 0 Å². The number of rotatable bonds is 24. The van der Waals surface area contributed by atoms with Gasteiger partial charge in [-0.2, -0.15) is 0 Å². The van der Waals surface area contributed by atoms with Crippen LogP contribution in [-0.2, 0) is 10.8 Å². The summed E-state index contributed by atoms with van der Waals surface area (Å²) >= 11 is 0. The molecule has 8 heteroatoms. The van der Waals surface area contributed by atoms with Crippen LogP contribution >= 0.6 is 0 Å². The van der Waals surface area contributed by atoms with Crippen LogP contribution in [0.2, 0.25) is 0 Å². The van der Waals surface area contributed by atoms with E-state index >= 15 is 4.79 Å². The number of hydrogen-bond donors (Lipinski definition) is 0. The Hall–Kier alpha value is -6.80. The molecular formula is C75H96O8. The molecule has 0 heterocycles. The fraction of sp³-hybridized carbons (Fsp3) is 0.467. The van der Waals surface area contributed by atoms with Gasteiger partial charge in [0.2, 0.25) is 0 Å². The van der Waals surface area contributed by atoms with Gasteiger partial charge in [0.25, 0.3) is 0 Å². The summed E-state index contributed by atoms with van der Waals surface area (Å²) in [6.07, 6.45) is 4.94. The van der Waals surface area contributed by atoms with E-state index in [9.17, 15) is 14.4 Å². The Bertz CT molecular complexity index is 3300. The number of hydrogen-bond acceptors (Lipinski definition) is 8. The fourth-order valence-electron chi connectivity index (χ4n) is 12.1. The van der Waals surface area contributed by atoms with Crippen molar-refractivity contribution in [3.05, 3.63) is 186 Å². The summed E-state index contributed by atoms with van der Waals surface area (Å²) in [5.74, 6) is 1.68. The zero-order chi connectivity index (χ0) is 61.9. The smallest absolute Gasteiger partial charge is 0.343 e. The van der Waals surface area contributed by atoms with Crippen molar-refractivity contribution in [2.45, 2.75) is 219 Å². The van der Waals surface area contributed by atoms with Crippen LogP contribution in [-0.4, -0.2) is 34.7 Å². The van der Waals surface area contributed by atoms with Gasteiger partial charge in [-0.3, -0.25) is 9.59 Å². The van der Waals surface area contributed by atoms with E-state index in [1.54, 1.807) is 48.5 Å². The molecule has 0 aliphatic rings. The van der Waals surface area contributed by atoms with E-state index in [4.69, 9.17) is 18.9 Å². The zero-order valence-electron chi connectivity index (χ0n) is 54.5. The molecular weight excluding hydrogens is 1030 g/mol. The summed E-state index contributed by atoms with van der Waals surface area (Å²) in [7, 11) is 0. The van der Waals surface area contributed by atoms with Crippen molar-refractivity contribution in [1.29, 1.82) is 0 Å². The molecule has 0 fully saturated rings. The number of esters is 2. The molecule has 0 N–H and O–H groups in total. The molecule has 0 spiro atoms. The van der Waals surface area contributed by atoms with Crippen LogP contribution in [0.15, 0.2) is 97.1 Å². The third kappa shape index (κ3) is 12.8. The highest BCUT2D eigenvalue weighted by Crippen LogP contribution is 2.48. The SMILES string of the molecule is CCC(C)(CC)Oc1c(C)cc(C(C)(C)c2cc(C)c(OC(=O)c3cccc(C(=O)C(C)(CC)C(CC)(CC)Oc4c(C)cc(C(C)(C)c5cc(C)c(OC(=O)c6ccc(C(=O)C(C)(CC)CC)cc6)c(C)c5)cc4C)c3)c(C)c2)cc1C. The van der Waals surface area contributed by atoms with Gasteiger partial charge in [0.05, 0.1) is 16.5 Å². The molecule has 8 nitrogen and oxygen atoms in total. The van der Waals surface area contributed by atoms with Crippen molar-refractivity contribution in [3.8, 4) is 23.0 Å². The van der Waals surface area contributed by atoms with Crippen molar-refractivity contribution < 1.29 is 38.1 Å². The molecule has 1 atom stereocenters. The molecule has 6 aromatic rings. The Morgan fingerprint density at radius 2 is 0.687 bits per heavy atom. The third-order valence-corrected chi connectivity index (χ3v) is 19.5. The summed E-state index contributed by atoms with van der Waals surface area (Å²) in [4.78, 5) is 56.2. The molecule has 6 aromatic carbocycles. The lowest BCUT2D eigenvalue weighted by atomic mass is 9.64. The first-order chi connectivity index (χ1) is 38.8. The standard InChI is InChI=1S/C75H96O8/c1-23-72(20,24-2)66(76)54-33-35-55(36-34-54)68(78)80-62-46(8)37-58(38-47(62)9)71(18,19)61-43-52(14)65(53(15)44-61)83-75(28-6,29-7)74(22,27-5)67(77)56-31-30-32-57(45-56)69(79)81-63-48(10)39-59(40-49(63)11)70(16,17)60-41-50(12)64(51(13)42-60)82-73(21,25-3)26-4/h30-45H,23-29H2,1-22H3. The predicted octanol–water partition coefficient (Wildman–Crippen LogP) is 19.4. The summed E-state index contributed by atoms with van der Waals surface area (Å²) in [6.45, 7) is 45.8. The van der Waals surface area contributed by atoms with E-state index in [1.165, 1.54) is 5.56 Å². The molecule has 0 amide bonds. The molecule has 0 bridgehead atoms. The normalized spacial score (nSPS) is 13.1. The van der Waals surface area contributed by atoms with Gasteiger partial charge in [-0.1, -0.05) is 156 Å². The average molecular weight is 1130 g/mol. The first kappa shape index (κ1) is 65.4. The molecule has 444 valence electrons. The Labute approximate surface area is 498 Å². The maximum atomic E-state index is 15.2. The van der Waals surface area contributed by atoms with Gasteiger partial charge < -0.3 is 18.9 Å². The van der Waals surface area contributed by atoms with Gasteiger partial charge in [0.15, 0.2) is 11.6 Å². The topological polar surface area (TPSA) is 105 Å². The lowest BCUT2D eigenvalue weighted by molar-refractivity contribution is -0.0451. The van der Waals surface area contributed by atoms with Gasteiger partial charge in [0.1, 0.15) is 34.2 Å². The van der Waals surface area contributed by atoms with E-state index in [1.807, 2.05) is 62.3 Å². The van der Waals surface area contributed by atoms with Crippen LogP contribution in [0, 0.1) is 66.2 Å². The predicted molar refractivity (Wildman–Crippen MR) is 340 cm³/mol. The Morgan fingerprint density at radius 1 is 0.349 bits per heavy atom. The molecule has 83 heavy (non-hydrogen) atoms. The van der Waals surface area contributed by atoms with Crippen LogP contribution in [0.3, 0.4) is 0 Å². The minimum absolute atomic E-state index is 0.0767. The zero-order valence-corrected chi connectivity index (χ0v) is 54.5. The van der Waals surface area contributed by atoms with Crippen molar-refractivity contribution in [1.82, 2.24) is 0 Å². The minimum atomic E-state index is -0.990. The summed E-state index contributed by atoms with van der Waals surface area (Å²) < 4.78 is 26.2. The second-order valence-corrected chi connectivity index (χ2v) is 25.6. The molecule has 1 unspecified atom stereocenters. The minimum Gasteiger partial charge on any atom is -0.487 e. The van der Waals surface area contributed by atoms with Crippen LogP contribution in [0.4, 0.5) is 0 Å². The molecule has 0 aliphatic heterocycles. The van der Waals surface area contributed by atoms with E-state index in [0.29, 0.717) is 53.0 Å². The highest BCUT2D eigenvalue weighted by molar-refractivity contribution is 6.04. The number of benzene rings is 6. The molecule has 0 aromatic heterocycles. The Kier molecular flexibility index (Phi) is 19.8. The van der Waals surface area contributed by atoms with E-state index < -0.39 is 33.8 Å². The Morgan fingerprint density at radius 3 is 1.04 bits per heavy atom. The highest BCUT2D eigenvalue weighted by Gasteiger charge is 2.52. The van der Waals surface area contributed by atoms with Crippen molar-refractivity contribution in [3.63, 3.8) is 0 Å². The lowest BCUT2D eigenvalue weighted by Crippen LogP contribution is -2.54. The van der Waals surface area contributed by atoms with Gasteiger partial charge in [-0.15, -0.1) is 0 Å². The number of carbonyl (C=O) groups excluding carboxylic acids is 4. The van der Waals surface area contributed by atoms with Crippen molar-refractivity contribution >= 4 is 23.5 Å².